The van der Waals surface area contributed by atoms with E-state index in [0.29, 0.717) is 29.4 Å². The van der Waals surface area contributed by atoms with Crippen LogP contribution >= 0.6 is 0 Å². The van der Waals surface area contributed by atoms with E-state index < -0.39 is 0 Å². The minimum atomic E-state index is -0.242. The summed E-state index contributed by atoms with van der Waals surface area (Å²) in [5.41, 5.74) is 2.15. The van der Waals surface area contributed by atoms with Gasteiger partial charge in [0.25, 0.3) is 5.91 Å². The van der Waals surface area contributed by atoms with Crippen LogP contribution in [0.5, 0.6) is 5.75 Å². The fraction of sp³-hybridized carbons (Fsp3) is 0.143. The van der Waals surface area contributed by atoms with Crippen molar-refractivity contribution < 1.29 is 13.9 Å². The van der Waals surface area contributed by atoms with Gasteiger partial charge in [0, 0.05) is 24.5 Å². The Balaban J connectivity index is 1.53. The van der Waals surface area contributed by atoms with Crippen LogP contribution in [-0.4, -0.2) is 24.5 Å². The average molecular weight is 365 g/mol. The first-order valence-corrected chi connectivity index (χ1v) is 8.54. The standard InChI is InChI=1S/C21H20FN3O2/c1-27-19-4-2-3-18(13-19)25-21(26)16-7-10-20(24-14-16)23-12-11-15-5-8-17(22)9-6-15/h2-10,13-14H,11-12H2,1H3,(H,23,24)(H,25,26). The normalized spacial score (nSPS) is 10.3. The van der Waals surface area contributed by atoms with Gasteiger partial charge in [-0.05, 0) is 48.4 Å². The van der Waals surface area contributed by atoms with Crippen molar-refractivity contribution in [3.8, 4) is 5.75 Å². The van der Waals surface area contributed by atoms with Crippen LogP contribution in [0.2, 0.25) is 0 Å². The zero-order valence-electron chi connectivity index (χ0n) is 14.9. The first-order chi connectivity index (χ1) is 13.1. The molecular weight excluding hydrogens is 345 g/mol. The quantitative estimate of drug-likeness (QED) is 0.661. The monoisotopic (exact) mass is 365 g/mol. The van der Waals surface area contributed by atoms with Crippen LogP contribution in [0.25, 0.3) is 0 Å². The predicted octanol–water partition coefficient (Wildman–Crippen LogP) is 4.14. The number of pyridine rings is 1. The summed E-state index contributed by atoms with van der Waals surface area (Å²) < 4.78 is 18.0. The molecule has 5 nitrogen and oxygen atoms in total. The molecule has 2 aromatic carbocycles. The fourth-order valence-corrected chi connectivity index (χ4v) is 2.52. The van der Waals surface area contributed by atoms with E-state index in [-0.39, 0.29) is 11.7 Å². The number of nitrogens with one attached hydrogen (secondary N) is 2. The largest absolute Gasteiger partial charge is 0.497 e. The van der Waals surface area contributed by atoms with Gasteiger partial charge < -0.3 is 15.4 Å². The Morgan fingerprint density at radius 3 is 2.63 bits per heavy atom. The molecule has 1 amide bonds. The van der Waals surface area contributed by atoms with Crippen LogP contribution in [-0.2, 0) is 6.42 Å². The molecule has 0 fully saturated rings. The van der Waals surface area contributed by atoms with Crippen molar-refractivity contribution in [3.63, 3.8) is 0 Å². The number of nitrogens with zero attached hydrogens (tertiary/aromatic N) is 1. The third-order valence-electron chi connectivity index (χ3n) is 3.99. The van der Waals surface area contributed by atoms with E-state index in [1.165, 1.54) is 18.3 Å². The molecule has 1 heterocycles. The maximum atomic E-state index is 12.9. The summed E-state index contributed by atoms with van der Waals surface area (Å²) in [4.78, 5) is 16.6. The zero-order chi connectivity index (χ0) is 19.1. The lowest BCUT2D eigenvalue weighted by Crippen LogP contribution is -2.13. The molecule has 2 N–H and O–H groups in total. The van der Waals surface area contributed by atoms with E-state index >= 15 is 0 Å². The highest BCUT2D eigenvalue weighted by atomic mass is 19.1. The maximum absolute atomic E-state index is 12.9. The summed E-state index contributed by atoms with van der Waals surface area (Å²) >= 11 is 0. The molecule has 27 heavy (non-hydrogen) atoms. The van der Waals surface area contributed by atoms with Crippen LogP contribution < -0.4 is 15.4 Å². The third kappa shape index (κ3) is 5.28. The molecule has 138 valence electrons. The number of methoxy groups -OCH3 is 1. The highest BCUT2D eigenvalue weighted by Crippen LogP contribution is 2.17. The minimum absolute atomic E-state index is 0.240. The van der Waals surface area contributed by atoms with Gasteiger partial charge in [-0.2, -0.15) is 0 Å². The van der Waals surface area contributed by atoms with E-state index in [2.05, 4.69) is 15.6 Å². The van der Waals surface area contributed by atoms with Crippen molar-refractivity contribution in [2.45, 2.75) is 6.42 Å². The number of ether oxygens (including phenoxy) is 1. The molecule has 0 aliphatic rings. The first-order valence-electron chi connectivity index (χ1n) is 8.54. The van der Waals surface area contributed by atoms with Gasteiger partial charge in [0.1, 0.15) is 17.4 Å². The van der Waals surface area contributed by atoms with Crippen molar-refractivity contribution in [2.24, 2.45) is 0 Å². The molecule has 0 saturated carbocycles. The maximum Gasteiger partial charge on any atom is 0.257 e. The number of hydrogen-bond donors (Lipinski definition) is 2. The van der Waals surface area contributed by atoms with Gasteiger partial charge in [-0.15, -0.1) is 0 Å². The zero-order valence-corrected chi connectivity index (χ0v) is 14.9. The lowest BCUT2D eigenvalue weighted by molar-refractivity contribution is 0.102. The van der Waals surface area contributed by atoms with Crippen LogP contribution in [0, 0.1) is 5.82 Å². The highest BCUT2D eigenvalue weighted by molar-refractivity contribution is 6.04. The Morgan fingerprint density at radius 2 is 1.93 bits per heavy atom. The molecular formula is C21H20FN3O2. The predicted molar refractivity (Wildman–Crippen MR) is 104 cm³/mol. The molecule has 0 aliphatic heterocycles. The number of benzene rings is 2. The van der Waals surface area contributed by atoms with Gasteiger partial charge in [0.05, 0.1) is 12.7 Å². The Bertz CT molecular complexity index is 896. The number of anilines is 2. The number of carbonyl (C=O) groups is 1. The molecule has 0 aliphatic carbocycles. The minimum Gasteiger partial charge on any atom is -0.497 e. The molecule has 0 bridgehead atoms. The third-order valence-corrected chi connectivity index (χ3v) is 3.99. The van der Waals surface area contributed by atoms with Crippen LogP contribution in [0.1, 0.15) is 15.9 Å². The van der Waals surface area contributed by atoms with Crippen molar-refractivity contribution in [1.82, 2.24) is 4.98 Å². The van der Waals surface area contributed by atoms with Gasteiger partial charge in [-0.1, -0.05) is 18.2 Å². The molecule has 0 spiro atoms. The second-order valence-corrected chi connectivity index (χ2v) is 5.92. The number of rotatable bonds is 7. The van der Waals surface area contributed by atoms with E-state index in [9.17, 15) is 9.18 Å². The molecule has 0 saturated heterocycles. The lowest BCUT2D eigenvalue weighted by Gasteiger charge is -2.08. The summed E-state index contributed by atoms with van der Waals surface area (Å²) in [6.07, 6.45) is 2.27. The van der Waals surface area contributed by atoms with Gasteiger partial charge in [0.15, 0.2) is 0 Å². The molecule has 3 aromatic rings. The Morgan fingerprint density at radius 1 is 1.11 bits per heavy atom. The Hall–Kier alpha value is -3.41. The van der Waals surface area contributed by atoms with Crippen LogP contribution in [0.4, 0.5) is 15.9 Å². The SMILES string of the molecule is COc1cccc(NC(=O)c2ccc(NCCc3ccc(F)cc3)nc2)c1. The average Bonchev–Trinajstić information content (AvgIpc) is 2.70. The smallest absolute Gasteiger partial charge is 0.257 e. The summed E-state index contributed by atoms with van der Waals surface area (Å²) in [7, 11) is 1.58. The lowest BCUT2D eigenvalue weighted by atomic mass is 10.1. The van der Waals surface area contributed by atoms with Crippen molar-refractivity contribution in [1.29, 1.82) is 0 Å². The van der Waals surface area contributed by atoms with Gasteiger partial charge in [-0.3, -0.25) is 4.79 Å². The van der Waals surface area contributed by atoms with E-state index in [4.69, 9.17) is 4.74 Å². The number of aromatic nitrogens is 1. The molecule has 0 radical (unpaired) electrons. The van der Waals surface area contributed by atoms with E-state index in [0.717, 1.165) is 12.0 Å². The van der Waals surface area contributed by atoms with Gasteiger partial charge in [-0.25, -0.2) is 9.37 Å². The second kappa shape index (κ2) is 8.80. The number of hydrogen-bond acceptors (Lipinski definition) is 4. The Labute approximate surface area is 157 Å². The highest BCUT2D eigenvalue weighted by Gasteiger charge is 2.07. The summed E-state index contributed by atoms with van der Waals surface area (Å²) in [5.74, 6) is 0.867. The second-order valence-electron chi connectivity index (χ2n) is 5.92. The summed E-state index contributed by atoms with van der Waals surface area (Å²) in [6.45, 7) is 0.661. The Kier molecular flexibility index (Phi) is 5.99. The van der Waals surface area contributed by atoms with Crippen molar-refractivity contribution in [2.75, 3.05) is 24.3 Å². The molecule has 6 heteroatoms. The number of carbonyl (C=O) groups excluding carboxylic acids is 1. The number of amides is 1. The van der Waals surface area contributed by atoms with Crippen LogP contribution in [0.3, 0.4) is 0 Å². The molecule has 1 aromatic heterocycles. The van der Waals surface area contributed by atoms with Gasteiger partial charge in [0.2, 0.25) is 0 Å². The summed E-state index contributed by atoms with van der Waals surface area (Å²) in [6, 6.07) is 17.0. The molecule has 0 unspecified atom stereocenters. The van der Waals surface area contributed by atoms with Crippen molar-refractivity contribution in [3.05, 3.63) is 83.8 Å². The fourth-order valence-electron chi connectivity index (χ4n) is 2.52. The first kappa shape index (κ1) is 18.4. The van der Waals surface area contributed by atoms with Crippen molar-refractivity contribution >= 4 is 17.4 Å². The van der Waals surface area contributed by atoms with E-state index in [1.807, 2.05) is 6.07 Å². The molecule has 0 atom stereocenters. The van der Waals surface area contributed by atoms with Gasteiger partial charge >= 0.3 is 0 Å². The summed E-state index contributed by atoms with van der Waals surface area (Å²) in [5, 5.41) is 6.00. The molecule has 3 rings (SSSR count). The van der Waals surface area contributed by atoms with E-state index in [1.54, 1.807) is 49.6 Å². The van der Waals surface area contributed by atoms with Crippen LogP contribution in [0.15, 0.2) is 66.9 Å². The number of halogens is 1. The topological polar surface area (TPSA) is 63.2 Å².